The van der Waals surface area contributed by atoms with Gasteiger partial charge in [-0.3, -0.25) is 9.97 Å². The molecule has 0 bridgehead atoms. The molecule has 0 aliphatic carbocycles. The highest BCUT2D eigenvalue weighted by molar-refractivity contribution is 6.33. The van der Waals surface area contributed by atoms with Gasteiger partial charge in [0.15, 0.2) is 0 Å². The van der Waals surface area contributed by atoms with Crippen molar-refractivity contribution in [3.8, 4) is 22.3 Å². The van der Waals surface area contributed by atoms with Crippen molar-refractivity contribution in [2.75, 3.05) is 0 Å². The quantitative estimate of drug-likeness (QED) is 0.645. The van der Waals surface area contributed by atoms with Crippen LogP contribution in [-0.2, 0) is 0 Å². The van der Waals surface area contributed by atoms with Crippen LogP contribution in [0.2, 0.25) is 0 Å². The molecule has 0 fully saturated rings. The zero-order valence-electron chi connectivity index (χ0n) is 10.3. The van der Waals surface area contributed by atoms with Crippen LogP contribution in [0, 0.1) is 0 Å². The largest absolute Gasteiger partial charge is 0.264 e. The third-order valence-corrected chi connectivity index (χ3v) is 2.95. The lowest BCUT2D eigenvalue weighted by Gasteiger charge is -2.08. The van der Waals surface area contributed by atoms with Gasteiger partial charge in [0.05, 0.1) is 0 Å². The van der Waals surface area contributed by atoms with E-state index in [0.717, 1.165) is 27.7 Å². The minimum absolute atomic E-state index is 0.736. The summed E-state index contributed by atoms with van der Waals surface area (Å²) in [7, 11) is 5.99. The average molecular weight is 242 g/mol. The summed E-state index contributed by atoms with van der Waals surface area (Å²) < 4.78 is 0. The highest BCUT2D eigenvalue weighted by Crippen LogP contribution is 2.24. The molecule has 0 aliphatic rings. The molecule has 0 N–H and O–H groups in total. The molecule has 0 saturated carbocycles. The fourth-order valence-corrected chi connectivity index (χ4v) is 2.05. The molecule has 3 aromatic rings. The van der Waals surface area contributed by atoms with E-state index in [1.54, 1.807) is 12.4 Å². The molecule has 0 amide bonds. The summed E-state index contributed by atoms with van der Waals surface area (Å²) in [5, 5.41) is 0. The molecule has 0 unspecified atom stereocenters. The Morgan fingerprint density at radius 2 is 1.21 bits per heavy atom. The lowest BCUT2D eigenvalue weighted by atomic mass is 9.89. The van der Waals surface area contributed by atoms with E-state index in [0.29, 0.717) is 0 Å². The van der Waals surface area contributed by atoms with Crippen molar-refractivity contribution in [2.24, 2.45) is 0 Å². The first-order chi connectivity index (χ1) is 9.33. The van der Waals surface area contributed by atoms with E-state index in [1.807, 2.05) is 48.8 Å². The van der Waals surface area contributed by atoms with Crippen LogP contribution in [0.1, 0.15) is 0 Å². The highest BCUT2D eigenvalue weighted by atomic mass is 14.6. The molecule has 2 radical (unpaired) electrons. The summed E-state index contributed by atoms with van der Waals surface area (Å²) in [5.74, 6) is 0. The molecule has 0 atom stereocenters. The second-order valence-corrected chi connectivity index (χ2v) is 4.33. The molecular weight excluding hydrogens is 231 g/mol. The summed E-state index contributed by atoms with van der Waals surface area (Å²) >= 11 is 0. The van der Waals surface area contributed by atoms with Gasteiger partial charge in [-0.05, 0) is 40.5 Å². The van der Waals surface area contributed by atoms with E-state index in [1.165, 1.54) is 0 Å². The van der Waals surface area contributed by atoms with Gasteiger partial charge in [-0.25, -0.2) is 0 Å². The van der Waals surface area contributed by atoms with Gasteiger partial charge in [-0.15, -0.1) is 0 Å². The van der Waals surface area contributed by atoms with E-state index in [2.05, 4.69) is 16.0 Å². The van der Waals surface area contributed by atoms with Crippen molar-refractivity contribution in [3.63, 3.8) is 0 Å². The van der Waals surface area contributed by atoms with Gasteiger partial charge < -0.3 is 0 Å². The molecule has 3 rings (SSSR count). The topological polar surface area (TPSA) is 25.8 Å². The Labute approximate surface area is 113 Å². The van der Waals surface area contributed by atoms with Crippen LogP contribution >= 0.6 is 0 Å². The maximum atomic E-state index is 5.99. The van der Waals surface area contributed by atoms with Crippen LogP contribution in [-0.4, -0.2) is 17.8 Å². The Kier molecular flexibility index (Phi) is 3.11. The summed E-state index contributed by atoms with van der Waals surface area (Å²) in [6.45, 7) is 0. The normalized spacial score (nSPS) is 10.3. The summed E-state index contributed by atoms with van der Waals surface area (Å²) in [4.78, 5) is 8.28. The average Bonchev–Trinajstić information content (AvgIpc) is 2.48. The van der Waals surface area contributed by atoms with Crippen LogP contribution in [0.3, 0.4) is 0 Å². The van der Waals surface area contributed by atoms with Gasteiger partial charge >= 0.3 is 0 Å². The standard InChI is InChI=1S/C16H11BN2/c17-16-8-14(12-3-1-5-18-10-12)7-15(9-16)13-4-2-6-19-11-13/h1-11H. The van der Waals surface area contributed by atoms with Gasteiger partial charge in [-0.1, -0.05) is 29.7 Å². The van der Waals surface area contributed by atoms with Crippen molar-refractivity contribution in [1.29, 1.82) is 0 Å². The number of hydrogen-bond acceptors (Lipinski definition) is 2. The number of aromatic nitrogens is 2. The zero-order valence-corrected chi connectivity index (χ0v) is 10.3. The van der Waals surface area contributed by atoms with Crippen LogP contribution in [0.25, 0.3) is 22.3 Å². The Hall–Kier alpha value is -2.42. The Morgan fingerprint density at radius 3 is 1.63 bits per heavy atom. The smallest absolute Gasteiger partial charge is 0.113 e. The number of nitrogens with zero attached hydrogens (tertiary/aromatic N) is 2. The Balaban J connectivity index is 2.12. The lowest BCUT2D eigenvalue weighted by Crippen LogP contribution is -2.02. The molecule has 0 aliphatic heterocycles. The molecule has 0 spiro atoms. The summed E-state index contributed by atoms with van der Waals surface area (Å²) in [5.41, 5.74) is 4.97. The van der Waals surface area contributed by atoms with Crippen LogP contribution < -0.4 is 5.46 Å². The highest BCUT2D eigenvalue weighted by Gasteiger charge is 2.03. The molecule has 1 aromatic carbocycles. The van der Waals surface area contributed by atoms with Gasteiger partial charge in [0, 0.05) is 24.8 Å². The minimum atomic E-state index is 0.736. The number of hydrogen-bond donors (Lipinski definition) is 0. The monoisotopic (exact) mass is 242 g/mol. The first-order valence-corrected chi connectivity index (χ1v) is 6.04. The molecule has 2 nitrogen and oxygen atoms in total. The van der Waals surface area contributed by atoms with Gasteiger partial charge in [0.1, 0.15) is 7.85 Å². The van der Waals surface area contributed by atoms with E-state index in [4.69, 9.17) is 7.85 Å². The molecule has 2 heterocycles. The number of benzene rings is 1. The number of rotatable bonds is 2. The third kappa shape index (κ3) is 2.55. The summed E-state index contributed by atoms with van der Waals surface area (Å²) in [6, 6.07) is 13.9. The van der Waals surface area contributed by atoms with Crippen molar-refractivity contribution in [1.82, 2.24) is 9.97 Å². The van der Waals surface area contributed by atoms with Crippen molar-refractivity contribution in [2.45, 2.75) is 0 Å². The predicted molar refractivity (Wildman–Crippen MR) is 78.3 cm³/mol. The van der Waals surface area contributed by atoms with E-state index in [9.17, 15) is 0 Å². The maximum absolute atomic E-state index is 5.99. The molecule has 2 aromatic heterocycles. The molecule has 3 heteroatoms. The lowest BCUT2D eigenvalue weighted by molar-refractivity contribution is 1.32. The van der Waals surface area contributed by atoms with Crippen molar-refractivity contribution >= 4 is 13.3 Å². The van der Waals surface area contributed by atoms with Crippen LogP contribution in [0.4, 0.5) is 0 Å². The molecule has 19 heavy (non-hydrogen) atoms. The van der Waals surface area contributed by atoms with Gasteiger partial charge in [0.2, 0.25) is 0 Å². The van der Waals surface area contributed by atoms with Crippen LogP contribution in [0.15, 0.2) is 67.3 Å². The predicted octanol–water partition coefficient (Wildman–Crippen LogP) is 2.60. The van der Waals surface area contributed by atoms with Crippen molar-refractivity contribution in [3.05, 3.63) is 67.3 Å². The minimum Gasteiger partial charge on any atom is -0.264 e. The fourth-order valence-electron chi connectivity index (χ4n) is 2.05. The SMILES string of the molecule is [B]c1cc(-c2cccnc2)cc(-c2cccnc2)c1. The van der Waals surface area contributed by atoms with E-state index < -0.39 is 0 Å². The molecule has 88 valence electrons. The molecule has 0 saturated heterocycles. The third-order valence-electron chi connectivity index (χ3n) is 2.95. The first-order valence-electron chi connectivity index (χ1n) is 6.04. The number of pyridine rings is 2. The Morgan fingerprint density at radius 1 is 0.684 bits per heavy atom. The van der Waals surface area contributed by atoms with Crippen LogP contribution in [0.5, 0.6) is 0 Å². The first kappa shape index (κ1) is 11.7. The van der Waals surface area contributed by atoms with E-state index >= 15 is 0 Å². The zero-order chi connectivity index (χ0) is 13.1. The second kappa shape index (κ2) is 5.06. The van der Waals surface area contributed by atoms with E-state index in [-0.39, 0.29) is 0 Å². The maximum Gasteiger partial charge on any atom is 0.113 e. The van der Waals surface area contributed by atoms with Gasteiger partial charge in [-0.2, -0.15) is 0 Å². The van der Waals surface area contributed by atoms with Crippen molar-refractivity contribution < 1.29 is 0 Å². The van der Waals surface area contributed by atoms with Gasteiger partial charge in [0.25, 0.3) is 0 Å². The fraction of sp³-hybridized carbons (Fsp3) is 0. The summed E-state index contributed by atoms with van der Waals surface area (Å²) in [6.07, 6.45) is 7.19. The molecular formula is C16H11BN2. The second-order valence-electron chi connectivity index (χ2n) is 4.33. The Bertz CT molecular complexity index is 624.